The van der Waals surface area contributed by atoms with Crippen LogP contribution in [0.3, 0.4) is 0 Å². The van der Waals surface area contributed by atoms with E-state index in [4.69, 9.17) is 9.52 Å². The van der Waals surface area contributed by atoms with Gasteiger partial charge in [-0.2, -0.15) is 0 Å². The van der Waals surface area contributed by atoms with Crippen LogP contribution in [0.4, 0.5) is 0 Å². The molecular weight excluding hydrogens is 272 g/mol. The summed E-state index contributed by atoms with van der Waals surface area (Å²) in [4.78, 5) is 0. The lowest BCUT2D eigenvalue weighted by atomic mass is 10.00. The van der Waals surface area contributed by atoms with E-state index < -0.39 is 0 Å². The van der Waals surface area contributed by atoms with E-state index in [1.54, 1.807) is 6.07 Å². The summed E-state index contributed by atoms with van der Waals surface area (Å²) in [6, 6.07) is 4.55. The van der Waals surface area contributed by atoms with Crippen LogP contribution in [0.15, 0.2) is 34.3 Å². The predicted molar refractivity (Wildman–Crippen MR) is 79.4 cm³/mol. The fraction of sp³-hybridized carbons (Fsp3) is 0.375. The molecular formula is C16H20O5. The minimum atomic E-state index is -0.231. The molecule has 0 saturated heterocycles. The number of furan rings is 1. The lowest BCUT2D eigenvalue weighted by molar-refractivity contribution is 0.245. The van der Waals surface area contributed by atoms with Crippen molar-refractivity contribution in [3.63, 3.8) is 0 Å². The zero-order valence-corrected chi connectivity index (χ0v) is 11.9. The molecule has 114 valence electrons. The molecule has 0 fully saturated rings. The van der Waals surface area contributed by atoms with Gasteiger partial charge in [0.25, 0.3) is 0 Å². The zero-order chi connectivity index (χ0) is 15.4. The standard InChI is InChI=1S/C16H20O5/c1-10(8-17)3-2-4-11(9-18)15-6-12-5-13(19)14(20)7-16(12)21-15/h3,5-7,11,17-20H,2,4,8-9H2,1H3. The van der Waals surface area contributed by atoms with Gasteiger partial charge in [0, 0.05) is 17.4 Å². The van der Waals surface area contributed by atoms with Crippen LogP contribution in [-0.2, 0) is 0 Å². The molecule has 2 rings (SSSR count). The van der Waals surface area contributed by atoms with E-state index in [9.17, 15) is 15.3 Å². The van der Waals surface area contributed by atoms with Gasteiger partial charge in [-0.25, -0.2) is 0 Å². The second-order valence-corrected chi connectivity index (χ2v) is 5.19. The summed E-state index contributed by atoms with van der Waals surface area (Å²) in [6.07, 6.45) is 3.35. The number of aromatic hydroxyl groups is 2. The van der Waals surface area contributed by atoms with Crippen molar-refractivity contribution in [2.24, 2.45) is 0 Å². The van der Waals surface area contributed by atoms with Gasteiger partial charge in [0.15, 0.2) is 11.5 Å². The molecule has 5 heteroatoms. The molecule has 1 heterocycles. The van der Waals surface area contributed by atoms with Gasteiger partial charge in [0.05, 0.1) is 13.2 Å². The molecule has 21 heavy (non-hydrogen) atoms. The van der Waals surface area contributed by atoms with Gasteiger partial charge < -0.3 is 24.8 Å². The summed E-state index contributed by atoms with van der Waals surface area (Å²) in [5.41, 5.74) is 1.37. The molecule has 0 saturated carbocycles. The Morgan fingerprint density at radius 2 is 1.90 bits per heavy atom. The molecule has 4 N–H and O–H groups in total. The fourth-order valence-corrected chi connectivity index (χ4v) is 2.20. The van der Waals surface area contributed by atoms with Crippen LogP contribution in [0.2, 0.25) is 0 Å². The second-order valence-electron chi connectivity index (χ2n) is 5.19. The average molecular weight is 292 g/mol. The summed E-state index contributed by atoms with van der Waals surface area (Å²) >= 11 is 0. The summed E-state index contributed by atoms with van der Waals surface area (Å²) in [5, 5.41) is 38.1. The van der Waals surface area contributed by atoms with Crippen molar-refractivity contribution in [2.75, 3.05) is 13.2 Å². The number of fused-ring (bicyclic) bond motifs is 1. The molecule has 0 aliphatic carbocycles. The highest BCUT2D eigenvalue weighted by molar-refractivity contribution is 5.82. The van der Waals surface area contributed by atoms with Gasteiger partial charge >= 0.3 is 0 Å². The highest BCUT2D eigenvalue weighted by Gasteiger charge is 2.16. The minimum Gasteiger partial charge on any atom is -0.504 e. The molecule has 5 nitrogen and oxygen atoms in total. The lowest BCUT2D eigenvalue weighted by Crippen LogP contribution is -2.02. The van der Waals surface area contributed by atoms with Crippen LogP contribution >= 0.6 is 0 Å². The van der Waals surface area contributed by atoms with E-state index in [0.717, 1.165) is 12.0 Å². The third-order valence-corrected chi connectivity index (χ3v) is 3.51. The van der Waals surface area contributed by atoms with Crippen molar-refractivity contribution < 1.29 is 24.8 Å². The lowest BCUT2D eigenvalue weighted by Gasteiger charge is -2.09. The van der Waals surface area contributed by atoms with Crippen molar-refractivity contribution in [3.8, 4) is 11.5 Å². The van der Waals surface area contributed by atoms with Gasteiger partial charge in [0.1, 0.15) is 11.3 Å². The molecule has 1 unspecified atom stereocenters. The molecule has 0 aliphatic heterocycles. The third kappa shape index (κ3) is 3.56. The Balaban J connectivity index is 2.18. The number of benzene rings is 1. The van der Waals surface area contributed by atoms with Crippen molar-refractivity contribution in [1.29, 1.82) is 0 Å². The van der Waals surface area contributed by atoms with Crippen molar-refractivity contribution in [1.82, 2.24) is 0 Å². The average Bonchev–Trinajstić information content (AvgIpc) is 2.86. The summed E-state index contributed by atoms with van der Waals surface area (Å²) < 4.78 is 5.64. The van der Waals surface area contributed by atoms with Gasteiger partial charge in [-0.15, -0.1) is 0 Å². The zero-order valence-electron chi connectivity index (χ0n) is 11.9. The Morgan fingerprint density at radius 1 is 1.19 bits per heavy atom. The van der Waals surface area contributed by atoms with Crippen LogP contribution < -0.4 is 0 Å². The maximum atomic E-state index is 9.51. The number of phenolic OH excluding ortho intramolecular Hbond substituents is 2. The maximum Gasteiger partial charge on any atom is 0.161 e. The molecule has 2 aromatic rings. The largest absolute Gasteiger partial charge is 0.504 e. The smallest absolute Gasteiger partial charge is 0.161 e. The topological polar surface area (TPSA) is 94.1 Å². The molecule has 0 bridgehead atoms. The first-order chi connectivity index (χ1) is 10.0. The van der Waals surface area contributed by atoms with Crippen LogP contribution in [-0.4, -0.2) is 33.6 Å². The molecule has 0 amide bonds. The van der Waals surface area contributed by atoms with Crippen molar-refractivity contribution in [3.05, 3.63) is 35.6 Å². The van der Waals surface area contributed by atoms with E-state index in [0.29, 0.717) is 23.2 Å². The molecule has 1 aromatic heterocycles. The number of rotatable bonds is 6. The fourth-order valence-electron chi connectivity index (χ4n) is 2.20. The monoisotopic (exact) mass is 292 g/mol. The molecule has 1 aromatic carbocycles. The molecule has 1 atom stereocenters. The highest BCUT2D eigenvalue weighted by atomic mass is 16.3. The Labute approximate surface area is 122 Å². The number of aliphatic hydroxyl groups excluding tert-OH is 2. The van der Waals surface area contributed by atoms with Crippen LogP contribution in [0.5, 0.6) is 11.5 Å². The normalized spacial score (nSPS) is 13.8. The summed E-state index contributed by atoms with van der Waals surface area (Å²) in [5.74, 6) is 0.0272. The first-order valence-electron chi connectivity index (χ1n) is 6.88. The Kier molecular flexibility index (Phi) is 4.88. The van der Waals surface area contributed by atoms with Gasteiger partial charge in [0.2, 0.25) is 0 Å². The number of allylic oxidation sites excluding steroid dienone is 1. The second kappa shape index (κ2) is 6.65. The van der Waals surface area contributed by atoms with E-state index in [-0.39, 0.29) is 30.6 Å². The summed E-state index contributed by atoms with van der Waals surface area (Å²) in [6.45, 7) is 1.83. The van der Waals surface area contributed by atoms with Crippen molar-refractivity contribution >= 4 is 11.0 Å². The van der Waals surface area contributed by atoms with E-state index in [2.05, 4.69) is 0 Å². The number of aliphatic hydroxyl groups is 2. The summed E-state index contributed by atoms with van der Waals surface area (Å²) in [7, 11) is 0. The Bertz CT molecular complexity index is 602. The van der Waals surface area contributed by atoms with Crippen LogP contribution in [0, 0.1) is 0 Å². The van der Waals surface area contributed by atoms with Crippen LogP contribution in [0.1, 0.15) is 31.4 Å². The van der Waals surface area contributed by atoms with E-state index in [1.165, 1.54) is 12.1 Å². The predicted octanol–water partition coefficient (Wildman–Crippen LogP) is 2.64. The van der Waals surface area contributed by atoms with Crippen molar-refractivity contribution in [2.45, 2.75) is 25.7 Å². The Morgan fingerprint density at radius 3 is 2.57 bits per heavy atom. The first-order valence-corrected chi connectivity index (χ1v) is 6.88. The number of hydrogen-bond acceptors (Lipinski definition) is 5. The minimum absolute atomic E-state index is 0.0347. The molecule has 0 aliphatic rings. The maximum absolute atomic E-state index is 9.51. The van der Waals surface area contributed by atoms with Gasteiger partial charge in [-0.3, -0.25) is 0 Å². The number of hydrogen-bond donors (Lipinski definition) is 4. The van der Waals surface area contributed by atoms with E-state index >= 15 is 0 Å². The first kappa shape index (κ1) is 15.4. The highest BCUT2D eigenvalue weighted by Crippen LogP contribution is 2.34. The SMILES string of the molecule is CC(=CCCC(CO)c1cc2cc(O)c(O)cc2o1)CO. The van der Waals surface area contributed by atoms with Gasteiger partial charge in [-0.05, 0) is 31.9 Å². The van der Waals surface area contributed by atoms with Crippen LogP contribution in [0.25, 0.3) is 11.0 Å². The number of phenols is 2. The molecule has 0 spiro atoms. The van der Waals surface area contributed by atoms with E-state index in [1.807, 2.05) is 13.0 Å². The van der Waals surface area contributed by atoms with Gasteiger partial charge in [-0.1, -0.05) is 11.6 Å². The molecule has 0 radical (unpaired) electrons. The third-order valence-electron chi connectivity index (χ3n) is 3.51. The quantitative estimate of drug-likeness (QED) is 0.485. The Hall–Kier alpha value is -1.98.